The van der Waals surface area contributed by atoms with Crippen LogP contribution in [0.4, 0.5) is 13.2 Å². The van der Waals surface area contributed by atoms with Gasteiger partial charge in [-0.3, -0.25) is 0 Å². The van der Waals surface area contributed by atoms with Gasteiger partial charge in [0.05, 0.1) is 0 Å². The van der Waals surface area contributed by atoms with Gasteiger partial charge in [-0.15, -0.1) is 15.3 Å². The molecule has 0 N–H and O–H groups in total. The molecule has 23 heavy (non-hydrogen) atoms. The van der Waals surface area contributed by atoms with Crippen LogP contribution in [-0.2, 0) is 6.18 Å². The van der Waals surface area contributed by atoms with Crippen molar-refractivity contribution in [2.24, 2.45) is 0 Å². The molecule has 3 aromatic rings. The lowest BCUT2D eigenvalue weighted by molar-refractivity contribution is -0.146. The van der Waals surface area contributed by atoms with Crippen molar-refractivity contribution in [1.29, 1.82) is 0 Å². The van der Waals surface area contributed by atoms with Gasteiger partial charge in [0.15, 0.2) is 5.65 Å². The minimum absolute atomic E-state index is 0.000561. The lowest BCUT2D eigenvalue weighted by atomic mass is 10.0. The predicted octanol–water partition coefficient (Wildman–Crippen LogP) is 4.06. The minimum Gasteiger partial charge on any atom is -0.438 e. The Morgan fingerprint density at radius 1 is 1.09 bits per heavy atom. The molecule has 5 nitrogen and oxygen atoms in total. The molecular formula is C15H13F3N4O. The van der Waals surface area contributed by atoms with Gasteiger partial charge in [0.25, 0.3) is 5.82 Å². The van der Waals surface area contributed by atoms with Gasteiger partial charge >= 0.3 is 6.18 Å². The summed E-state index contributed by atoms with van der Waals surface area (Å²) in [5.41, 5.74) is 1.06. The quantitative estimate of drug-likeness (QED) is 0.730. The molecule has 1 aromatic carbocycles. The summed E-state index contributed by atoms with van der Waals surface area (Å²) in [5.74, 6) is -0.342. The SMILES string of the molecule is CC(C)c1cccc(Oc2ccc3nnc(C(F)(F)F)n3n2)c1. The van der Waals surface area contributed by atoms with Gasteiger partial charge in [-0.1, -0.05) is 26.0 Å². The monoisotopic (exact) mass is 322 g/mol. The molecule has 120 valence electrons. The van der Waals surface area contributed by atoms with Crippen LogP contribution < -0.4 is 4.74 Å². The first-order valence-corrected chi connectivity index (χ1v) is 6.92. The smallest absolute Gasteiger partial charge is 0.438 e. The molecule has 0 spiro atoms. The summed E-state index contributed by atoms with van der Waals surface area (Å²) in [7, 11) is 0. The zero-order valence-electron chi connectivity index (χ0n) is 12.4. The second-order valence-electron chi connectivity index (χ2n) is 5.29. The number of rotatable bonds is 3. The van der Waals surface area contributed by atoms with Crippen molar-refractivity contribution in [1.82, 2.24) is 19.8 Å². The number of hydrogen-bond acceptors (Lipinski definition) is 4. The molecule has 2 aromatic heterocycles. The van der Waals surface area contributed by atoms with Gasteiger partial charge in [0.2, 0.25) is 5.88 Å². The largest absolute Gasteiger partial charge is 0.453 e. The Balaban J connectivity index is 1.96. The van der Waals surface area contributed by atoms with Crippen molar-refractivity contribution in [3.8, 4) is 11.6 Å². The highest BCUT2D eigenvalue weighted by molar-refractivity contribution is 5.39. The topological polar surface area (TPSA) is 52.3 Å². The van der Waals surface area contributed by atoms with E-state index in [4.69, 9.17) is 4.74 Å². The Bertz CT molecular complexity index is 842. The van der Waals surface area contributed by atoms with E-state index < -0.39 is 12.0 Å². The zero-order valence-corrected chi connectivity index (χ0v) is 12.4. The standard InChI is InChI=1S/C15H13F3N4O/c1-9(2)10-4-3-5-11(8-10)23-13-7-6-12-19-20-14(15(16,17)18)22(12)21-13/h3-9H,1-2H3. The van der Waals surface area contributed by atoms with Crippen LogP contribution in [0.3, 0.4) is 0 Å². The molecule has 0 saturated carbocycles. The number of ether oxygens (including phenoxy) is 1. The van der Waals surface area contributed by atoms with Crippen LogP contribution in [-0.4, -0.2) is 19.8 Å². The molecule has 3 rings (SSSR count). The Hall–Kier alpha value is -2.64. The van der Waals surface area contributed by atoms with Gasteiger partial charge in [-0.05, 0) is 29.7 Å². The maximum Gasteiger partial charge on any atom is 0.453 e. The van der Waals surface area contributed by atoms with E-state index in [1.807, 2.05) is 32.0 Å². The summed E-state index contributed by atoms with van der Waals surface area (Å²) in [6, 6.07) is 10.1. The number of alkyl halides is 3. The van der Waals surface area contributed by atoms with Crippen LogP contribution in [0.5, 0.6) is 11.6 Å². The van der Waals surface area contributed by atoms with Crippen molar-refractivity contribution in [3.05, 3.63) is 47.8 Å². The van der Waals surface area contributed by atoms with Crippen LogP contribution in [0.25, 0.3) is 5.65 Å². The summed E-state index contributed by atoms with van der Waals surface area (Å²) >= 11 is 0. The number of fused-ring (bicyclic) bond motifs is 1. The summed E-state index contributed by atoms with van der Waals surface area (Å²) in [6.45, 7) is 4.08. The van der Waals surface area contributed by atoms with Gasteiger partial charge in [-0.2, -0.15) is 17.7 Å². The van der Waals surface area contributed by atoms with E-state index >= 15 is 0 Å². The molecule has 0 amide bonds. The molecule has 0 aliphatic heterocycles. The number of nitrogens with zero attached hydrogens (tertiary/aromatic N) is 4. The maximum atomic E-state index is 12.8. The molecule has 0 bridgehead atoms. The molecular weight excluding hydrogens is 309 g/mol. The summed E-state index contributed by atoms with van der Waals surface area (Å²) < 4.78 is 44.7. The maximum absolute atomic E-state index is 12.8. The second kappa shape index (κ2) is 5.53. The highest BCUT2D eigenvalue weighted by atomic mass is 19.4. The normalized spacial score (nSPS) is 12.1. The zero-order chi connectivity index (χ0) is 16.6. The van der Waals surface area contributed by atoms with E-state index in [2.05, 4.69) is 15.3 Å². The number of halogens is 3. The molecule has 0 atom stereocenters. The van der Waals surface area contributed by atoms with E-state index in [0.717, 1.165) is 5.56 Å². The molecule has 0 fully saturated rings. The highest BCUT2D eigenvalue weighted by Crippen LogP contribution is 2.29. The highest BCUT2D eigenvalue weighted by Gasteiger charge is 2.37. The molecule has 0 radical (unpaired) electrons. The number of aromatic nitrogens is 4. The average molecular weight is 322 g/mol. The molecule has 0 aliphatic rings. The van der Waals surface area contributed by atoms with Gasteiger partial charge in [0, 0.05) is 6.07 Å². The van der Waals surface area contributed by atoms with E-state index in [1.54, 1.807) is 6.07 Å². The molecule has 0 aliphatic carbocycles. The minimum atomic E-state index is -4.64. The van der Waals surface area contributed by atoms with Crippen LogP contribution in [0, 0.1) is 0 Å². The first-order valence-electron chi connectivity index (χ1n) is 6.92. The first kappa shape index (κ1) is 15.3. The third kappa shape index (κ3) is 3.10. The van der Waals surface area contributed by atoms with E-state index in [0.29, 0.717) is 16.2 Å². The van der Waals surface area contributed by atoms with E-state index in [-0.39, 0.29) is 11.5 Å². The average Bonchev–Trinajstić information content (AvgIpc) is 2.90. The molecule has 0 saturated heterocycles. The van der Waals surface area contributed by atoms with Crippen molar-refractivity contribution in [3.63, 3.8) is 0 Å². The fourth-order valence-corrected chi connectivity index (χ4v) is 2.06. The van der Waals surface area contributed by atoms with Crippen LogP contribution in [0.2, 0.25) is 0 Å². The van der Waals surface area contributed by atoms with Crippen LogP contribution >= 0.6 is 0 Å². The third-order valence-electron chi connectivity index (χ3n) is 3.24. The van der Waals surface area contributed by atoms with Gasteiger partial charge in [0.1, 0.15) is 5.75 Å². The lowest BCUT2D eigenvalue weighted by Crippen LogP contribution is -2.12. The second-order valence-corrected chi connectivity index (χ2v) is 5.29. The van der Waals surface area contributed by atoms with Crippen molar-refractivity contribution >= 4 is 5.65 Å². The van der Waals surface area contributed by atoms with Crippen molar-refractivity contribution in [2.45, 2.75) is 25.9 Å². The third-order valence-corrected chi connectivity index (χ3v) is 3.24. The van der Waals surface area contributed by atoms with Crippen LogP contribution in [0.1, 0.15) is 31.2 Å². The van der Waals surface area contributed by atoms with E-state index in [9.17, 15) is 13.2 Å². The van der Waals surface area contributed by atoms with Crippen molar-refractivity contribution in [2.75, 3.05) is 0 Å². The number of hydrogen-bond donors (Lipinski definition) is 0. The molecule has 2 heterocycles. The first-order chi connectivity index (χ1) is 10.8. The van der Waals surface area contributed by atoms with Gasteiger partial charge < -0.3 is 4.74 Å². The van der Waals surface area contributed by atoms with Crippen molar-refractivity contribution < 1.29 is 17.9 Å². The Morgan fingerprint density at radius 2 is 1.87 bits per heavy atom. The summed E-state index contributed by atoms with van der Waals surface area (Å²) in [5, 5.41) is 10.4. The molecule has 8 heteroatoms. The number of benzene rings is 1. The predicted molar refractivity (Wildman–Crippen MR) is 76.4 cm³/mol. The summed E-state index contributed by atoms with van der Waals surface area (Å²) in [6.07, 6.45) is -4.64. The Kier molecular flexibility index (Phi) is 3.67. The Morgan fingerprint density at radius 3 is 2.57 bits per heavy atom. The fourth-order valence-electron chi connectivity index (χ4n) is 2.06. The Labute approximate surface area is 129 Å². The van der Waals surface area contributed by atoms with Crippen LogP contribution in [0.15, 0.2) is 36.4 Å². The fraction of sp³-hybridized carbons (Fsp3) is 0.267. The lowest BCUT2D eigenvalue weighted by Gasteiger charge is -2.09. The van der Waals surface area contributed by atoms with E-state index in [1.165, 1.54) is 12.1 Å². The molecule has 0 unspecified atom stereocenters. The summed E-state index contributed by atoms with van der Waals surface area (Å²) in [4.78, 5) is 0. The van der Waals surface area contributed by atoms with Gasteiger partial charge in [-0.25, -0.2) is 0 Å².